The standard InChI is InChI=1S/C20H18ClFN2O6/c1-10-18(29-20(25)12-6-16(22)17(7-12)30-24(26)27)15-9-28-19(14(15)8-23-10)11-2-4-13(21)5-3-11/h2-5,8,12,16-17,19H,6-7,9H2,1H3/t12-,16+,17+,19?/m0/s1. The van der Waals surface area contributed by atoms with Gasteiger partial charge in [-0.1, -0.05) is 23.7 Å². The van der Waals surface area contributed by atoms with Gasteiger partial charge in [-0.15, -0.1) is 10.1 Å². The number of carbonyl (C=O) groups is 1. The number of nitrogens with zero attached hydrogens (tertiary/aromatic N) is 2. The Morgan fingerprint density at radius 1 is 1.33 bits per heavy atom. The van der Waals surface area contributed by atoms with Gasteiger partial charge in [-0.25, -0.2) is 4.39 Å². The van der Waals surface area contributed by atoms with E-state index < -0.39 is 29.2 Å². The van der Waals surface area contributed by atoms with E-state index in [1.807, 2.05) is 12.1 Å². The Hall–Kier alpha value is -2.78. The van der Waals surface area contributed by atoms with Crippen LogP contribution in [0.5, 0.6) is 5.75 Å². The molecule has 1 aliphatic heterocycles. The maximum absolute atomic E-state index is 14.0. The van der Waals surface area contributed by atoms with E-state index in [0.29, 0.717) is 16.3 Å². The zero-order valence-corrected chi connectivity index (χ0v) is 16.7. The Bertz CT molecular complexity index is 986. The van der Waals surface area contributed by atoms with Gasteiger partial charge in [0.2, 0.25) is 0 Å². The molecule has 158 valence electrons. The molecular weight excluding hydrogens is 419 g/mol. The molecule has 4 atom stereocenters. The van der Waals surface area contributed by atoms with Crippen LogP contribution in [0.2, 0.25) is 5.02 Å². The van der Waals surface area contributed by atoms with Crippen LogP contribution >= 0.6 is 11.6 Å². The lowest BCUT2D eigenvalue weighted by Crippen LogP contribution is -2.23. The highest BCUT2D eigenvalue weighted by Crippen LogP contribution is 2.41. The molecule has 1 aliphatic carbocycles. The normalized spacial score (nSPS) is 25.0. The molecule has 0 saturated heterocycles. The van der Waals surface area contributed by atoms with Crippen molar-refractivity contribution in [1.82, 2.24) is 4.98 Å². The molecule has 2 aliphatic rings. The molecule has 1 aromatic heterocycles. The molecule has 0 spiro atoms. The van der Waals surface area contributed by atoms with Crippen LogP contribution in [0.3, 0.4) is 0 Å². The molecule has 2 heterocycles. The zero-order valence-electron chi connectivity index (χ0n) is 15.9. The predicted molar refractivity (Wildman–Crippen MR) is 102 cm³/mol. The van der Waals surface area contributed by atoms with E-state index in [1.54, 1.807) is 25.3 Å². The van der Waals surface area contributed by atoms with E-state index in [9.17, 15) is 19.3 Å². The van der Waals surface area contributed by atoms with Gasteiger partial charge in [0, 0.05) is 22.3 Å². The maximum Gasteiger partial charge on any atom is 0.314 e. The highest BCUT2D eigenvalue weighted by atomic mass is 35.5. The summed E-state index contributed by atoms with van der Waals surface area (Å²) in [7, 11) is 0. The number of pyridine rings is 1. The van der Waals surface area contributed by atoms with Crippen LogP contribution in [0.4, 0.5) is 4.39 Å². The SMILES string of the molecule is Cc1ncc2c(c1OC(=O)[C@H]1C[C@@H](F)[C@H](O[N+](=O)[O-])C1)COC2c1ccc(Cl)cc1. The second-order valence-corrected chi connectivity index (χ2v) is 7.76. The Balaban J connectivity index is 1.54. The molecule has 8 nitrogen and oxygen atoms in total. The van der Waals surface area contributed by atoms with Crippen molar-refractivity contribution in [1.29, 1.82) is 0 Å². The summed E-state index contributed by atoms with van der Waals surface area (Å²) in [6.07, 6.45) is -1.87. The molecule has 4 rings (SSSR count). The van der Waals surface area contributed by atoms with Gasteiger partial charge in [-0.2, -0.15) is 0 Å². The van der Waals surface area contributed by atoms with Gasteiger partial charge in [0.05, 0.1) is 18.2 Å². The van der Waals surface area contributed by atoms with Gasteiger partial charge in [0.25, 0.3) is 5.09 Å². The first-order valence-corrected chi connectivity index (χ1v) is 9.73. The number of ether oxygens (including phenoxy) is 2. The number of fused-ring (bicyclic) bond motifs is 1. The van der Waals surface area contributed by atoms with Crippen molar-refractivity contribution in [3.8, 4) is 5.75 Å². The molecule has 0 amide bonds. The molecule has 1 fully saturated rings. The first kappa shape index (κ1) is 20.5. The number of rotatable bonds is 5. The minimum absolute atomic E-state index is 0.119. The number of hydrogen-bond acceptors (Lipinski definition) is 7. The van der Waals surface area contributed by atoms with Crippen molar-refractivity contribution in [2.24, 2.45) is 5.92 Å². The van der Waals surface area contributed by atoms with E-state index in [-0.39, 0.29) is 31.3 Å². The molecule has 1 saturated carbocycles. The Labute approximate surface area is 176 Å². The molecule has 1 unspecified atom stereocenters. The molecule has 30 heavy (non-hydrogen) atoms. The zero-order chi connectivity index (χ0) is 21.4. The van der Waals surface area contributed by atoms with Crippen LogP contribution in [0.15, 0.2) is 30.5 Å². The van der Waals surface area contributed by atoms with Crippen molar-refractivity contribution in [2.75, 3.05) is 0 Å². The molecule has 0 bridgehead atoms. The second kappa shape index (κ2) is 8.16. The maximum atomic E-state index is 14.0. The number of benzene rings is 1. The van der Waals surface area contributed by atoms with Crippen LogP contribution < -0.4 is 4.74 Å². The Kier molecular flexibility index (Phi) is 5.57. The lowest BCUT2D eigenvalue weighted by molar-refractivity contribution is -0.769. The average Bonchev–Trinajstić information content (AvgIpc) is 3.28. The van der Waals surface area contributed by atoms with Gasteiger partial charge in [-0.05, 0) is 37.5 Å². The monoisotopic (exact) mass is 436 g/mol. The number of aromatic nitrogens is 1. The van der Waals surface area contributed by atoms with Crippen molar-refractivity contribution >= 4 is 17.6 Å². The predicted octanol–water partition coefficient (Wildman–Crippen LogP) is 3.89. The third-order valence-corrected chi connectivity index (χ3v) is 5.64. The number of esters is 1. The smallest absolute Gasteiger partial charge is 0.314 e. The van der Waals surface area contributed by atoms with E-state index >= 15 is 0 Å². The molecular formula is C20H18ClFN2O6. The fraction of sp³-hybridized carbons (Fsp3) is 0.400. The lowest BCUT2D eigenvalue weighted by atomic mass is 10.00. The van der Waals surface area contributed by atoms with Gasteiger partial charge in [0.15, 0.2) is 5.75 Å². The summed E-state index contributed by atoms with van der Waals surface area (Å²) in [5, 5.41) is 10.0. The van der Waals surface area contributed by atoms with Crippen LogP contribution in [-0.2, 0) is 21.0 Å². The largest absolute Gasteiger partial charge is 0.424 e. The second-order valence-electron chi connectivity index (χ2n) is 7.32. The summed E-state index contributed by atoms with van der Waals surface area (Å²) in [4.78, 5) is 31.8. The van der Waals surface area contributed by atoms with Crippen molar-refractivity contribution < 1.29 is 28.6 Å². The van der Waals surface area contributed by atoms with Crippen LogP contribution in [0.1, 0.15) is 41.3 Å². The minimum Gasteiger partial charge on any atom is -0.424 e. The summed E-state index contributed by atoms with van der Waals surface area (Å²) in [6, 6.07) is 7.22. The fourth-order valence-electron chi connectivity index (χ4n) is 3.88. The Morgan fingerprint density at radius 3 is 2.77 bits per heavy atom. The number of alkyl halides is 1. The fourth-order valence-corrected chi connectivity index (χ4v) is 4.00. The minimum atomic E-state index is -1.61. The number of aryl methyl sites for hydroxylation is 1. The van der Waals surface area contributed by atoms with Gasteiger partial charge in [0.1, 0.15) is 18.4 Å². The van der Waals surface area contributed by atoms with Gasteiger partial charge >= 0.3 is 5.97 Å². The summed E-state index contributed by atoms with van der Waals surface area (Å²) in [5.41, 5.74) is 2.85. The van der Waals surface area contributed by atoms with Crippen molar-refractivity contribution in [3.63, 3.8) is 0 Å². The summed E-state index contributed by atoms with van der Waals surface area (Å²) in [5.74, 6) is -1.22. The first-order chi connectivity index (χ1) is 14.3. The lowest BCUT2D eigenvalue weighted by Gasteiger charge is -2.15. The number of carbonyl (C=O) groups excluding carboxylic acids is 1. The number of hydrogen-bond donors (Lipinski definition) is 0. The molecule has 10 heteroatoms. The first-order valence-electron chi connectivity index (χ1n) is 9.36. The Morgan fingerprint density at radius 2 is 2.07 bits per heavy atom. The molecule has 0 radical (unpaired) electrons. The highest BCUT2D eigenvalue weighted by molar-refractivity contribution is 6.30. The topological polar surface area (TPSA) is 101 Å². The summed E-state index contributed by atoms with van der Waals surface area (Å²) < 4.78 is 25.5. The molecule has 2 aromatic rings. The highest BCUT2D eigenvalue weighted by Gasteiger charge is 2.42. The number of halogens is 2. The molecule has 1 aromatic carbocycles. The van der Waals surface area contributed by atoms with E-state index in [1.165, 1.54) is 0 Å². The average molecular weight is 437 g/mol. The molecule has 0 N–H and O–H groups in total. The summed E-state index contributed by atoms with van der Waals surface area (Å²) in [6.45, 7) is 1.92. The third kappa shape index (κ3) is 3.95. The van der Waals surface area contributed by atoms with Crippen LogP contribution in [0.25, 0.3) is 0 Å². The van der Waals surface area contributed by atoms with E-state index in [4.69, 9.17) is 21.1 Å². The van der Waals surface area contributed by atoms with E-state index in [2.05, 4.69) is 9.82 Å². The van der Waals surface area contributed by atoms with Crippen molar-refractivity contribution in [3.05, 3.63) is 68.0 Å². The van der Waals surface area contributed by atoms with Crippen molar-refractivity contribution in [2.45, 2.75) is 44.8 Å². The third-order valence-electron chi connectivity index (χ3n) is 5.39. The van der Waals surface area contributed by atoms with Gasteiger partial charge in [-0.3, -0.25) is 9.78 Å². The van der Waals surface area contributed by atoms with Crippen LogP contribution in [-0.4, -0.2) is 28.3 Å². The van der Waals surface area contributed by atoms with E-state index in [0.717, 1.165) is 11.1 Å². The quantitative estimate of drug-likeness (QED) is 0.398. The van der Waals surface area contributed by atoms with Gasteiger partial charge < -0.3 is 14.3 Å². The van der Waals surface area contributed by atoms with Crippen LogP contribution in [0, 0.1) is 23.0 Å². The summed E-state index contributed by atoms with van der Waals surface area (Å²) >= 11 is 5.95.